The van der Waals surface area contributed by atoms with Crippen LogP contribution >= 0.6 is 0 Å². The highest BCUT2D eigenvalue weighted by atomic mass is 28.1. The number of nitrogens with zero attached hydrogens (tertiary/aromatic N) is 1. The van der Waals surface area contributed by atoms with Crippen LogP contribution in [-0.4, -0.2) is 33.9 Å². The van der Waals surface area contributed by atoms with Gasteiger partial charge in [-0.2, -0.15) is 0 Å². The monoisotopic (exact) mass is 131 g/mol. The van der Waals surface area contributed by atoms with Gasteiger partial charge >= 0.3 is 0 Å². The Bertz CT molecular complexity index is 50.5. The number of rotatable bonds is 3. The van der Waals surface area contributed by atoms with Gasteiger partial charge in [-0.05, 0) is 26.6 Å². The van der Waals surface area contributed by atoms with Crippen molar-refractivity contribution < 1.29 is 0 Å². The average molecular weight is 131 g/mol. The van der Waals surface area contributed by atoms with Crippen molar-refractivity contribution in [2.24, 2.45) is 0 Å². The molecule has 0 bridgehead atoms. The van der Waals surface area contributed by atoms with E-state index in [2.05, 4.69) is 25.7 Å². The first-order valence-electron chi connectivity index (χ1n) is 3.46. The van der Waals surface area contributed by atoms with E-state index in [1.165, 1.54) is 23.0 Å². The van der Waals surface area contributed by atoms with Gasteiger partial charge in [0.1, 0.15) is 0 Å². The first-order chi connectivity index (χ1) is 3.72. The molecule has 8 heavy (non-hydrogen) atoms. The van der Waals surface area contributed by atoms with Gasteiger partial charge in [0.05, 0.1) is 0 Å². The topological polar surface area (TPSA) is 3.24 Å². The van der Waals surface area contributed by atoms with Crippen molar-refractivity contribution in [2.75, 3.05) is 12.7 Å². The quantitative estimate of drug-likeness (QED) is 0.489. The molecular weight excluding hydrogens is 114 g/mol. The summed E-state index contributed by atoms with van der Waals surface area (Å²) in [6.45, 7) is 7.93. The Morgan fingerprint density at radius 3 is 2.00 bits per heavy atom. The van der Waals surface area contributed by atoms with Gasteiger partial charge in [-0.1, -0.05) is 6.92 Å². The molecule has 1 nitrogen and oxygen atoms in total. The molecule has 0 N–H and O–H groups in total. The van der Waals surface area contributed by atoms with E-state index in [0.29, 0.717) is 0 Å². The summed E-state index contributed by atoms with van der Waals surface area (Å²) in [5.41, 5.74) is 0. The van der Waals surface area contributed by atoms with Gasteiger partial charge in [-0.3, -0.25) is 0 Å². The Kier molecular flexibility index (Phi) is 4.19. The van der Waals surface area contributed by atoms with Gasteiger partial charge in [-0.25, -0.2) is 0 Å². The van der Waals surface area contributed by atoms with E-state index in [1.54, 1.807) is 0 Å². The summed E-state index contributed by atoms with van der Waals surface area (Å²) >= 11 is 0. The maximum absolute atomic E-state index is 2.48. The molecule has 0 aromatic heterocycles. The van der Waals surface area contributed by atoms with Gasteiger partial charge < -0.3 is 4.90 Å². The molecule has 0 aromatic carbocycles. The smallest absolute Gasteiger partial charge is 0.0205 e. The van der Waals surface area contributed by atoms with Crippen LogP contribution in [0.25, 0.3) is 0 Å². The number of hydrogen-bond acceptors (Lipinski definition) is 1. The van der Waals surface area contributed by atoms with Crippen molar-refractivity contribution in [3.63, 3.8) is 0 Å². The predicted molar refractivity (Wildman–Crippen MR) is 42.3 cm³/mol. The predicted octanol–water partition coefficient (Wildman–Crippen LogP) is 0.0396. The Morgan fingerprint density at radius 2 is 2.00 bits per heavy atom. The third-order valence-electron chi connectivity index (χ3n) is 1.54. The van der Waals surface area contributed by atoms with Crippen molar-refractivity contribution in [2.45, 2.75) is 26.8 Å². The highest BCUT2D eigenvalue weighted by molar-refractivity contribution is 6.08. The van der Waals surface area contributed by atoms with Crippen LogP contribution < -0.4 is 0 Å². The fraction of sp³-hybridized carbons (Fsp3) is 1.00. The highest BCUT2D eigenvalue weighted by Gasteiger charge is 2.00. The first kappa shape index (κ1) is 8.18. The van der Waals surface area contributed by atoms with E-state index >= 15 is 0 Å². The Hall–Kier alpha value is 0.177. The lowest BCUT2D eigenvalue weighted by molar-refractivity contribution is 0.273. The lowest BCUT2D eigenvalue weighted by Gasteiger charge is -2.22. The molecule has 0 saturated heterocycles. The molecule has 0 unspecified atom stereocenters. The van der Waals surface area contributed by atoms with Gasteiger partial charge in [-0.15, -0.1) is 0 Å². The minimum Gasteiger partial charge on any atom is -0.305 e. The van der Waals surface area contributed by atoms with Gasteiger partial charge in [0.15, 0.2) is 0 Å². The second-order valence-electron chi connectivity index (χ2n) is 2.31. The molecule has 0 aromatic rings. The second kappa shape index (κ2) is 4.10. The van der Waals surface area contributed by atoms with Gasteiger partial charge in [0, 0.05) is 16.3 Å². The van der Waals surface area contributed by atoms with Crippen LogP contribution in [0.4, 0.5) is 0 Å². The lowest BCUT2D eigenvalue weighted by Crippen LogP contribution is -2.31. The molecule has 0 rings (SSSR count). The lowest BCUT2D eigenvalue weighted by atomic mass is 10.3. The Labute approximate surface area is 55.5 Å². The van der Waals surface area contributed by atoms with Crippen LogP contribution in [0.1, 0.15) is 20.8 Å². The van der Waals surface area contributed by atoms with E-state index in [9.17, 15) is 0 Å². The molecule has 0 heterocycles. The molecule has 0 saturated carbocycles. The fourth-order valence-corrected chi connectivity index (χ4v) is 2.13. The SMILES string of the molecule is CCN(C[SiH3])C(C)C. The van der Waals surface area contributed by atoms with Crippen molar-refractivity contribution in [1.29, 1.82) is 0 Å². The molecule has 0 spiro atoms. The third-order valence-corrected chi connectivity index (χ3v) is 2.36. The standard InChI is InChI=1S/C6H17NSi/c1-4-7(5-8)6(2)3/h6H,4-5H2,1-3,8H3. The minimum atomic E-state index is 0.748. The van der Waals surface area contributed by atoms with Crippen molar-refractivity contribution in [3.8, 4) is 0 Å². The second-order valence-corrected chi connectivity index (χ2v) is 2.95. The molecule has 0 amide bonds. The molecule has 0 aliphatic heterocycles. The highest BCUT2D eigenvalue weighted by Crippen LogP contribution is 1.92. The molecular formula is C6H17NSi. The maximum atomic E-state index is 2.48. The maximum Gasteiger partial charge on any atom is 0.0205 e. The Balaban J connectivity index is 3.35. The summed E-state index contributed by atoms with van der Waals surface area (Å²) in [5.74, 6) is 0. The summed E-state index contributed by atoms with van der Waals surface area (Å²) < 4.78 is 0. The zero-order valence-corrected chi connectivity index (χ0v) is 8.44. The van der Waals surface area contributed by atoms with E-state index < -0.39 is 0 Å². The molecule has 2 heteroatoms. The number of hydrogen-bond donors (Lipinski definition) is 0. The minimum absolute atomic E-state index is 0.748. The van der Waals surface area contributed by atoms with E-state index in [-0.39, 0.29) is 0 Å². The zero-order chi connectivity index (χ0) is 6.57. The Morgan fingerprint density at radius 1 is 1.50 bits per heavy atom. The third kappa shape index (κ3) is 2.48. The molecule has 0 atom stereocenters. The summed E-state index contributed by atoms with van der Waals surface area (Å²) in [7, 11) is 1.31. The normalized spacial score (nSPS) is 11.6. The molecule has 0 radical (unpaired) electrons. The van der Waals surface area contributed by atoms with Gasteiger partial charge in [0.2, 0.25) is 0 Å². The van der Waals surface area contributed by atoms with Crippen molar-refractivity contribution in [1.82, 2.24) is 4.90 Å². The van der Waals surface area contributed by atoms with Gasteiger partial charge in [0.25, 0.3) is 0 Å². The van der Waals surface area contributed by atoms with Crippen molar-refractivity contribution in [3.05, 3.63) is 0 Å². The van der Waals surface area contributed by atoms with Crippen LogP contribution in [0.2, 0.25) is 0 Å². The molecule has 0 aliphatic carbocycles. The summed E-state index contributed by atoms with van der Waals surface area (Å²) in [6, 6.07) is 0.748. The van der Waals surface area contributed by atoms with Crippen LogP contribution in [-0.2, 0) is 0 Å². The zero-order valence-electron chi connectivity index (χ0n) is 6.44. The first-order valence-corrected chi connectivity index (χ1v) is 4.87. The molecule has 50 valence electrons. The molecule has 0 fully saturated rings. The van der Waals surface area contributed by atoms with E-state index in [0.717, 1.165) is 6.04 Å². The average Bonchev–Trinajstić information content (AvgIpc) is 1.69. The van der Waals surface area contributed by atoms with E-state index in [4.69, 9.17) is 0 Å². The molecule has 0 aliphatic rings. The van der Waals surface area contributed by atoms with Crippen LogP contribution in [0, 0.1) is 0 Å². The van der Waals surface area contributed by atoms with Crippen LogP contribution in [0.3, 0.4) is 0 Å². The largest absolute Gasteiger partial charge is 0.305 e. The van der Waals surface area contributed by atoms with Crippen LogP contribution in [0.5, 0.6) is 0 Å². The summed E-state index contributed by atoms with van der Waals surface area (Å²) in [5, 5.41) is 0. The van der Waals surface area contributed by atoms with E-state index in [1.807, 2.05) is 0 Å². The summed E-state index contributed by atoms with van der Waals surface area (Å²) in [4.78, 5) is 2.48. The van der Waals surface area contributed by atoms with Crippen LogP contribution in [0.15, 0.2) is 0 Å². The summed E-state index contributed by atoms with van der Waals surface area (Å²) in [6.07, 6.45) is 1.31. The van der Waals surface area contributed by atoms with Crippen molar-refractivity contribution >= 4 is 10.2 Å². The fourth-order valence-electron chi connectivity index (χ4n) is 0.954.